The van der Waals surface area contributed by atoms with Crippen molar-refractivity contribution in [2.75, 3.05) is 32.7 Å². The van der Waals surface area contributed by atoms with Crippen LogP contribution in [0.25, 0.3) is 6.08 Å². The smallest absolute Gasteiger partial charge is 0.244 e. The maximum absolute atomic E-state index is 11.8. The molecule has 2 rings (SSSR count). The Bertz CT molecular complexity index is 450. The van der Waals surface area contributed by atoms with Crippen molar-refractivity contribution in [3.05, 3.63) is 28.5 Å². The van der Waals surface area contributed by atoms with Gasteiger partial charge in [-0.05, 0) is 17.5 Å². The first kappa shape index (κ1) is 13.8. The van der Waals surface area contributed by atoms with Gasteiger partial charge in [0.15, 0.2) is 0 Å². The second kappa shape index (κ2) is 7.06. The molecule has 102 valence electrons. The third-order valence-electron chi connectivity index (χ3n) is 2.83. The Balaban J connectivity index is 1.72. The first-order chi connectivity index (χ1) is 9.25. The van der Waals surface area contributed by atoms with Crippen molar-refractivity contribution in [1.82, 2.24) is 15.5 Å². The highest BCUT2D eigenvalue weighted by Gasteiger charge is 2.15. The molecule has 1 aromatic heterocycles. The second-order valence-electron chi connectivity index (χ2n) is 4.20. The van der Waals surface area contributed by atoms with E-state index in [-0.39, 0.29) is 18.4 Å². The van der Waals surface area contributed by atoms with Crippen molar-refractivity contribution in [1.29, 1.82) is 0 Å². The lowest BCUT2D eigenvalue weighted by Crippen LogP contribution is -2.49. The number of carbonyl (C=O) groups excluding carboxylic acids is 2. The molecule has 2 N–H and O–H groups in total. The molecule has 2 heterocycles. The van der Waals surface area contributed by atoms with Crippen LogP contribution in [0.1, 0.15) is 4.88 Å². The molecule has 0 aromatic carbocycles. The number of piperazine rings is 1. The number of nitrogens with zero attached hydrogens (tertiary/aromatic N) is 1. The largest absolute Gasteiger partial charge is 0.343 e. The van der Waals surface area contributed by atoms with Gasteiger partial charge >= 0.3 is 0 Å². The maximum atomic E-state index is 11.8. The molecule has 6 heteroatoms. The summed E-state index contributed by atoms with van der Waals surface area (Å²) in [6.45, 7) is 3.11. The highest BCUT2D eigenvalue weighted by Crippen LogP contribution is 2.09. The molecule has 0 aliphatic carbocycles. The minimum absolute atomic E-state index is 0.0284. The van der Waals surface area contributed by atoms with Gasteiger partial charge in [0.05, 0.1) is 6.54 Å². The summed E-state index contributed by atoms with van der Waals surface area (Å²) in [7, 11) is 0. The lowest BCUT2D eigenvalue weighted by atomic mass is 10.3. The molecular weight excluding hydrogens is 262 g/mol. The number of amides is 2. The molecule has 0 radical (unpaired) electrons. The summed E-state index contributed by atoms with van der Waals surface area (Å²) < 4.78 is 0. The summed E-state index contributed by atoms with van der Waals surface area (Å²) in [6, 6.07) is 3.86. The Labute approximate surface area is 116 Å². The van der Waals surface area contributed by atoms with E-state index in [1.54, 1.807) is 22.3 Å². The van der Waals surface area contributed by atoms with Crippen LogP contribution in [-0.4, -0.2) is 49.4 Å². The van der Waals surface area contributed by atoms with Crippen LogP contribution in [0.2, 0.25) is 0 Å². The Morgan fingerprint density at radius 1 is 1.42 bits per heavy atom. The average Bonchev–Trinajstić information content (AvgIpc) is 2.96. The molecule has 1 fully saturated rings. The Morgan fingerprint density at radius 2 is 2.21 bits per heavy atom. The fourth-order valence-electron chi connectivity index (χ4n) is 1.79. The first-order valence-corrected chi connectivity index (χ1v) is 7.11. The Morgan fingerprint density at radius 3 is 2.89 bits per heavy atom. The Kier molecular flexibility index (Phi) is 5.11. The molecule has 1 aliphatic heterocycles. The zero-order chi connectivity index (χ0) is 13.5. The van der Waals surface area contributed by atoms with Crippen molar-refractivity contribution < 1.29 is 9.59 Å². The number of rotatable bonds is 4. The molecule has 0 bridgehead atoms. The predicted octanol–water partition coefficient (Wildman–Crippen LogP) is 0.309. The SMILES string of the molecule is O=C(C=Cc1cccs1)NCC(=O)N1CCNCC1. The molecule has 0 atom stereocenters. The fourth-order valence-corrected chi connectivity index (χ4v) is 2.41. The van der Waals surface area contributed by atoms with Gasteiger partial charge in [-0.25, -0.2) is 0 Å². The third kappa shape index (κ3) is 4.50. The fraction of sp³-hybridized carbons (Fsp3) is 0.385. The number of thiophene rings is 1. The van der Waals surface area contributed by atoms with Gasteiger partial charge in [-0.2, -0.15) is 0 Å². The first-order valence-electron chi connectivity index (χ1n) is 6.23. The molecule has 5 nitrogen and oxygen atoms in total. The van der Waals surface area contributed by atoms with Crippen LogP contribution in [0, 0.1) is 0 Å². The van der Waals surface area contributed by atoms with E-state index < -0.39 is 0 Å². The highest BCUT2D eigenvalue weighted by atomic mass is 32.1. The molecule has 1 aromatic rings. The second-order valence-corrected chi connectivity index (χ2v) is 5.18. The molecule has 0 unspecified atom stereocenters. The number of hydrogen-bond acceptors (Lipinski definition) is 4. The maximum Gasteiger partial charge on any atom is 0.244 e. The van der Waals surface area contributed by atoms with Crippen LogP contribution >= 0.6 is 11.3 Å². The van der Waals surface area contributed by atoms with Gasteiger partial charge in [0, 0.05) is 37.1 Å². The van der Waals surface area contributed by atoms with E-state index >= 15 is 0 Å². The van der Waals surface area contributed by atoms with Crippen molar-refractivity contribution in [2.24, 2.45) is 0 Å². The number of nitrogens with one attached hydrogen (secondary N) is 2. The normalized spacial score (nSPS) is 15.7. The van der Waals surface area contributed by atoms with Gasteiger partial charge in [-0.3, -0.25) is 9.59 Å². The van der Waals surface area contributed by atoms with Crippen molar-refractivity contribution in [3.8, 4) is 0 Å². The van der Waals surface area contributed by atoms with Crippen LogP contribution in [0.3, 0.4) is 0 Å². The predicted molar refractivity (Wildman–Crippen MR) is 75.8 cm³/mol. The zero-order valence-corrected chi connectivity index (χ0v) is 11.4. The third-order valence-corrected chi connectivity index (χ3v) is 3.66. The summed E-state index contributed by atoms with van der Waals surface area (Å²) in [6.07, 6.45) is 3.20. The van der Waals surface area contributed by atoms with Crippen LogP contribution in [0.15, 0.2) is 23.6 Å². The minimum Gasteiger partial charge on any atom is -0.343 e. The van der Waals surface area contributed by atoms with E-state index in [2.05, 4.69) is 10.6 Å². The molecule has 0 saturated carbocycles. The molecule has 0 spiro atoms. The van der Waals surface area contributed by atoms with E-state index in [9.17, 15) is 9.59 Å². The molecule has 19 heavy (non-hydrogen) atoms. The van der Waals surface area contributed by atoms with Crippen LogP contribution < -0.4 is 10.6 Å². The number of hydrogen-bond donors (Lipinski definition) is 2. The van der Waals surface area contributed by atoms with Gasteiger partial charge in [0.2, 0.25) is 11.8 Å². The highest BCUT2D eigenvalue weighted by molar-refractivity contribution is 7.10. The molecule has 1 saturated heterocycles. The van der Waals surface area contributed by atoms with E-state index in [1.165, 1.54) is 6.08 Å². The lowest BCUT2D eigenvalue weighted by molar-refractivity contribution is -0.132. The Hall–Kier alpha value is -1.66. The van der Waals surface area contributed by atoms with E-state index in [0.29, 0.717) is 13.1 Å². The number of carbonyl (C=O) groups is 2. The van der Waals surface area contributed by atoms with Gasteiger partial charge in [0.25, 0.3) is 0 Å². The van der Waals surface area contributed by atoms with Crippen molar-refractivity contribution >= 4 is 29.2 Å². The van der Waals surface area contributed by atoms with Gasteiger partial charge < -0.3 is 15.5 Å². The lowest BCUT2D eigenvalue weighted by Gasteiger charge is -2.27. The minimum atomic E-state index is -0.239. The summed E-state index contributed by atoms with van der Waals surface area (Å²) in [5.74, 6) is -0.267. The van der Waals surface area contributed by atoms with Gasteiger partial charge in [0.1, 0.15) is 0 Å². The summed E-state index contributed by atoms with van der Waals surface area (Å²) in [4.78, 5) is 26.1. The van der Waals surface area contributed by atoms with Crippen molar-refractivity contribution in [2.45, 2.75) is 0 Å². The van der Waals surface area contributed by atoms with E-state index in [0.717, 1.165) is 18.0 Å². The molecule has 1 aliphatic rings. The van der Waals surface area contributed by atoms with Crippen molar-refractivity contribution in [3.63, 3.8) is 0 Å². The van der Waals surface area contributed by atoms with E-state index in [1.807, 2.05) is 17.5 Å². The molecule has 2 amide bonds. The van der Waals surface area contributed by atoms with Crippen LogP contribution in [0.5, 0.6) is 0 Å². The average molecular weight is 279 g/mol. The zero-order valence-electron chi connectivity index (χ0n) is 10.6. The quantitative estimate of drug-likeness (QED) is 0.780. The monoisotopic (exact) mass is 279 g/mol. The van der Waals surface area contributed by atoms with Gasteiger partial charge in [-0.15, -0.1) is 11.3 Å². The topological polar surface area (TPSA) is 61.4 Å². The van der Waals surface area contributed by atoms with Crippen LogP contribution in [0.4, 0.5) is 0 Å². The summed E-state index contributed by atoms with van der Waals surface area (Å²) >= 11 is 1.56. The molecular formula is C13H17N3O2S. The van der Waals surface area contributed by atoms with E-state index in [4.69, 9.17) is 0 Å². The summed E-state index contributed by atoms with van der Waals surface area (Å²) in [5.41, 5.74) is 0. The summed E-state index contributed by atoms with van der Waals surface area (Å²) in [5, 5.41) is 7.74. The standard InChI is InChI=1S/C13H17N3O2S/c17-12(4-3-11-2-1-9-19-11)15-10-13(18)16-7-5-14-6-8-16/h1-4,9,14H,5-8,10H2,(H,15,17). The van der Waals surface area contributed by atoms with Gasteiger partial charge in [-0.1, -0.05) is 6.07 Å². The van der Waals surface area contributed by atoms with Crippen LogP contribution in [-0.2, 0) is 9.59 Å².